The molecular weight excluding hydrogens is 200 g/mol. The molecule has 0 spiro atoms. The molecule has 1 atom stereocenters. The van der Waals surface area contributed by atoms with Gasteiger partial charge in [-0.25, -0.2) is 0 Å². The minimum atomic E-state index is -0.0938. The second-order valence-electron chi connectivity index (χ2n) is 3.70. The number of hydrogen-bond donors (Lipinski definition) is 0. The predicted octanol–water partition coefficient (Wildman–Crippen LogP) is 2.60. The molecule has 0 fully saturated rings. The van der Waals surface area contributed by atoms with Gasteiger partial charge in [0, 0.05) is 11.8 Å². The highest BCUT2D eigenvalue weighted by molar-refractivity contribution is 6.27. The molecular formula is C11H17ClO2. The maximum absolute atomic E-state index is 11.2. The lowest BCUT2D eigenvalue weighted by molar-refractivity contribution is -0.120. The van der Waals surface area contributed by atoms with Crippen LogP contribution in [0.1, 0.15) is 27.2 Å². The molecule has 0 aliphatic carbocycles. The Morgan fingerprint density at radius 1 is 1.29 bits per heavy atom. The van der Waals surface area contributed by atoms with Gasteiger partial charge in [0.25, 0.3) is 0 Å². The minimum absolute atomic E-state index is 0.0188. The highest BCUT2D eigenvalue weighted by atomic mass is 35.5. The number of allylic oxidation sites excluding steroid dienone is 2. The molecule has 0 aromatic heterocycles. The van der Waals surface area contributed by atoms with Gasteiger partial charge in [-0.05, 0) is 12.5 Å². The highest BCUT2D eigenvalue weighted by Gasteiger charge is 2.09. The molecule has 0 amide bonds. The van der Waals surface area contributed by atoms with Crippen molar-refractivity contribution in [2.24, 2.45) is 11.8 Å². The fourth-order valence-corrected chi connectivity index (χ4v) is 1.11. The molecule has 80 valence electrons. The SMILES string of the molecule is CC(C)C(=O)C=CCC(C)C(=O)CCl. The first-order chi connectivity index (χ1) is 6.49. The lowest BCUT2D eigenvalue weighted by Gasteiger charge is -2.03. The molecule has 14 heavy (non-hydrogen) atoms. The number of halogens is 1. The Morgan fingerprint density at radius 3 is 2.29 bits per heavy atom. The van der Waals surface area contributed by atoms with Gasteiger partial charge in [0.1, 0.15) is 0 Å². The zero-order valence-electron chi connectivity index (χ0n) is 8.92. The molecule has 0 saturated heterocycles. The van der Waals surface area contributed by atoms with E-state index in [-0.39, 0.29) is 29.3 Å². The Labute approximate surface area is 90.3 Å². The van der Waals surface area contributed by atoms with Gasteiger partial charge in [-0.2, -0.15) is 0 Å². The second-order valence-corrected chi connectivity index (χ2v) is 3.96. The number of alkyl halides is 1. The van der Waals surface area contributed by atoms with E-state index >= 15 is 0 Å². The van der Waals surface area contributed by atoms with Crippen LogP contribution in [0.5, 0.6) is 0 Å². The highest BCUT2D eigenvalue weighted by Crippen LogP contribution is 2.06. The summed E-state index contributed by atoms with van der Waals surface area (Å²) in [4.78, 5) is 22.2. The van der Waals surface area contributed by atoms with E-state index in [0.717, 1.165) is 0 Å². The van der Waals surface area contributed by atoms with Gasteiger partial charge in [0.2, 0.25) is 0 Å². The molecule has 0 bridgehead atoms. The summed E-state index contributed by atoms with van der Waals surface area (Å²) in [7, 11) is 0. The van der Waals surface area contributed by atoms with E-state index < -0.39 is 0 Å². The molecule has 0 radical (unpaired) electrons. The molecule has 3 heteroatoms. The molecule has 0 N–H and O–H groups in total. The third kappa shape index (κ3) is 5.18. The number of rotatable bonds is 6. The van der Waals surface area contributed by atoms with E-state index in [2.05, 4.69) is 0 Å². The standard InChI is InChI=1S/C11H17ClO2/c1-8(2)10(13)6-4-5-9(3)11(14)7-12/h4,6,8-9H,5,7H2,1-3H3. The molecule has 0 aliphatic rings. The van der Waals surface area contributed by atoms with E-state index in [1.807, 2.05) is 20.8 Å². The van der Waals surface area contributed by atoms with Gasteiger partial charge >= 0.3 is 0 Å². The molecule has 0 heterocycles. The minimum Gasteiger partial charge on any atom is -0.298 e. The maximum Gasteiger partial charge on any atom is 0.157 e. The van der Waals surface area contributed by atoms with E-state index in [1.165, 1.54) is 0 Å². The number of hydrogen-bond acceptors (Lipinski definition) is 2. The average molecular weight is 217 g/mol. The van der Waals surface area contributed by atoms with Crippen molar-refractivity contribution in [2.45, 2.75) is 27.2 Å². The van der Waals surface area contributed by atoms with E-state index in [0.29, 0.717) is 6.42 Å². The van der Waals surface area contributed by atoms with Crippen LogP contribution < -0.4 is 0 Å². The van der Waals surface area contributed by atoms with Gasteiger partial charge in [-0.3, -0.25) is 9.59 Å². The zero-order chi connectivity index (χ0) is 11.1. The van der Waals surface area contributed by atoms with Gasteiger partial charge in [-0.15, -0.1) is 11.6 Å². The Balaban J connectivity index is 3.93. The Hall–Kier alpha value is -0.630. The first kappa shape index (κ1) is 13.4. The van der Waals surface area contributed by atoms with Crippen molar-refractivity contribution >= 4 is 23.2 Å². The molecule has 0 aromatic carbocycles. The summed E-state index contributed by atoms with van der Waals surface area (Å²) >= 11 is 5.40. The Kier molecular flexibility index (Phi) is 6.46. The summed E-state index contributed by atoms with van der Waals surface area (Å²) in [6.45, 7) is 5.51. The van der Waals surface area contributed by atoms with Gasteiger partial charge in [0.15, 0.2) is 11.6 Å². The molecule has 0 saturated carbocycles. The predicted molar refractivity (Wildman–Crippen MR) is 58.5 cm³/mol. The zero-order valence-corrected chi connectivity index (χ0v) is 9.67. The van der Waals surface area contributed by atoms with Crippen molar-refractivity contribution in [1.82, 2.24) is 0 Å². The number of carbonyl (C=O) groups excluding carboxylic acids is 2. The number of ketones is 2. The van der Waals surface area contributed by atoms with Crippen LogP contribution >= 0.6 is 11.6 Å². The van der Waals surface area contributed by atoms with Crippen molar-refractivity contribution in [3.63, 3.8) is 0 Å². The monoisotopic (exact) mass is 216 g/mol. The smallest absolute Gasteiger partial charge is 0.157 e. The van der Waals surface area contributed by atoms with Crippen molar-refractivity contribution in [3.8, 4) is 0 Å². The van der Waals surface area contributed by atoms with E-state index in [4.69, 9.17) is 11.6 Å². The quantitative estimate of drug-likeness (QED) is 0.505. The van der Waals surface area contributed by atoms with Crippen molar-refractivity contribution in [2.75, 3.05) is 5.88 Å². The third-order valence-corrected chi connectivity index (χ3v) is 2.29. The van der Waals surface area contributed by atoms with Crippen molar-refractivity contribution in [1.29, 1.82) is 0 Å². The van der Waals surface area contributed by atoms with Gasteiger partial charge in [-0.1, -0.05) is 26.8 Å². The van der Waals surface area contributed by atoms with E-state index in [9.17, 15) is 9.59 Å². The maximum atomic E-state index is 11.2. The van der Waals surface area contributed by atoms with Crippen LogP contribution in [0.4, 0.5) is 0 Å². The lowest BCUT2D eigenvalue weighted by atomic mass is 10.0. The van der Waals surface area contributed by atoms with Crippen molar-refractivity contribution in [3.05, 3.63) is 12.2 Å². The molecule has 0 rings (SSSR count). The summed E-state index contributed by atoms with van der Waals surface area (Å²) < 4.78 is 0. The first-order valence-electron chi connectivity index (χ1n) is 4.78. The third-order valence-electron chi connectivity index (χ3n) is 2.02. The molecule has 0 aromatic rings. The molecule has 1 unspecified atom stereocenters. The largest absolute Gasteiger partial charge is 0.298 e. The number of carbonyl (C=O) groups is 2. The normalized spacial score (nSPS) is 13.5. The summed E-state index contributed by atoms with van der Waals surface area (Å²) in [5, 5.41) is 0. The Morgan fingerprint density at radius 2 is 1.86 bits per heavy atom. The fraction of sp³-hybridized carbons (Fsp3) is 0.636. The molecule has 2 nitrogen and oxygen atoms in total. The number of Topliss-reactive ketones (excluding diaryl/α,β-unsaturated/α-hetero) is 1. The average Bonchev–Trinajstić information content (AvgIpc) is 2.15. The summed E-state index contributed by atoms with van der Waals surface area (Å²) in [5.74, 6) is 0.0884. The first-order valence-corrected chi connectivity index (χ1v) is 5.31. The van der Waals surface area contributed by atoms with E-state index in [1.54, 1.807) is 12.2 Å². The van der Waals surface area contributed by atoms with Crippen molar-refractivity contribution < 1.29 is 9.59 Å². The van der Waals surface area contributed by atoms with Crippen LogP contribution in [0.2, 0.25) is 0 Å². The van der Waals surface area contributed by atoms with Crippen LogP contribution in [0.25, 0.3) is 0 Å². The van der Waals surface area contributed by atoms with Crippen LogP contribution in [0, 0.1) is 11.8 Å². The summed E-state index contributed by atoms with van der Waals surface area (Å²) in [6, 6.07) is 0. The van der Waals surface area contributed by atoms with Crippen LogP contribution in [-0.4, -0.2) is 17.4 Å². The molecule has 0 aliphatic heterocycles. The Bertz CT molecular complexity index is 231. The summed E-state index contributed by atoms with van der Waals surface area (Å²) in [6.07, 6.45) is 3.88. The second kappa shape index (κ2) is 6.77. The fourth-order valence-electron chi connectivity index (χ4n) is 0.844. The van der Waals surface area contributed by atoms with Crippen LogP contribution in [0.15, 0.2) is 12.2 Å². The topological polar surface area (TPSA) is 34.1 Å². The van der Waals surface area contributed by atoms with Crippen LogP contribution in [-0.2, 0) is 9.59 Å². The van der Waals surface area contributed by atoms with Gasteiger partial charge in [0.05, 0.1) is 5.88 Å². The lowest BCUT2D eigenvalue weighted by Crippen LogP contribution is -2.11. The van der Waals surface area contributed by atoms with Gasteiger partial charge < -0.3 is 0 Å². The summed E-state index contributed by atoms with van der Waals surface area (Å²) in [5.41, 5.74) is 0. The van der Waals surface area contributed by atoms with Crippen LogP contribution in [0.3, 0.4) is 0 Å².